The minimum absolute atomic E-state index is 0.500. The van der Waals surface area contributed by atoms with Crippen molar-refractivity contribution < 1.29 is 4.52 Å². The van der Waals surface area contributed by atoms with Crippen LogP contribution in [0.5, 0.6) is 0 Å². The summed E-state index contributed by atoms with van der Waals surface area (Å²) in [5.41, 5.74) is 9.90. The van der Waals surface area contributed by atoms with Crippen LogP contribution in [0.2, 0.25) is 0 Å². The maximum Gasteiger partial charge on any atom is 0.201 e. The van der Waals surface area contributed by atoms with Gasteiger partial charge in [0.25, 0.3) is 0 Å². The first kappa shape index (κ1) is 10.8. The molecule has 18 heavy (non-hydrogen) atoms. The Bertz CT molecular complexity index is 711. The van der Waals surface area contributed by atoms with Crippen LogP contribution >= 0.6 is 0 Å². The minimum atomic E-state index is 0.500. The Balaban J connectivity index is 2.11. The molecule has 0 atom stereocenters. The molecular formula is C13H14N4O. The predicted molar refractivity (Wildman–Crippen MR) is 69.2 cm³/mol. The van der Waals surface area contributed by atoms with E-state index in [2.05, 4.69) is 10.1 Å². The highest BCUT2D eigenvalue weighted by molar-refractivity contribution is 5.81. The number of benzene rings is 1. The van der Waals surface area contributed by atoms with E-state index in [1.807, 2.05) is 42.7 Å². The number of nitrogens with zero attached hydrogens (tertiary/aromatic N) is 3. The van der Waals surface area contributed by atoms with Crippen LogP contribution in [0, 0.1) is 13.8 Å². The van der Waals surface area contributed by atoms with Gasteiger partial charge in [-0.05, 0) is 25.5 Å². The van der Waals surface area contributed by atoms with Gasteiger partial charge in [0.2, 0.25) is 5.95 Å². The fraction of sp³-hybridized carbons (Fsp3) is 0.231. The summed E-state index contributed by atoms with van der Waals surface area (Å²) in [5.74, 6) is 1.30. The number of para-hydroxylation sites is 1. The second kappa shape index (κ2) is 3.87. The number of aryl methyl sites for hydroxylation is 2. The van der Waals surface area contributed by atoms with Gasteiger partial charge in [-0.15, -0.1) is 0 Å². The Morgan fingerprint density at radius 2 is 2.17 bits per heavy atom. The van der Waals surface area contributed by atoms with E-state index >= 15 is 0 Å². The van der Waals surface area contributed by atoms with Crippen LogP contribution in [0.4, 0.5) is 5.95 Å². The lowest BCUT2D eigenvalue weighted by molar-refractivity contribution is 0.389. The Morgan fingerprint density at radius 1 is 1.33 bits per heavy atom. The average Bonchev–Trinajstić information content (AvgIpc) is 2.87. The zero-order valence-electron chi connectivity index (χ0n) is 10.3. The van der Waals surface area contributed by atoms with Crippen molar-refractivity contribution in [3.63, 3.8) is 0 Å². The average molecular weight is 242 g/mol. The molecule has 92 valence electrons. The van der Waals surface area contributed by atoms with Crippen LogP contribution in [0.25, 0.3) is 11.0 Å². The van der Waals surface area contributed by atoms with E-state index in [0.29, 0.717) is 12.5 Å². The van der Waals surface area contributed by atoms with E-state index in [1.54, 1.807) is 0 Å². The molecule has 0 aliphatic rings. The quantitative estimate of drug-likeness (QED) is 0.748. The maximum atomic E-state index is 5.97. The van der Waals surface area contributed by atoms with Gasteiger partial charge in [-0.1, -0.05) is 17.3 Å². The SMILES string of the molecule is Cc1cc(Cn2c(N)nc3c(C)cccc32)no1. The second-order valence-electron chi connectivity index (χ2n) is 4.43. The summed E-state index contributed by atoms with van der Waals surface area (Å²) in [5, 5.41) is 3.98. The summed E-state index contributed by atoms with van der Waals surface area (Å²) in [7, 11) is 0. The maximum absolute atomic E-state index is 5.97. The molecule has 3 rings (SSSR count). The predicted octanol–water partition coefficient (Wildman–Crippen LogP) is 2.27. The van der Waals surface area contributed by atoms with Crippen LogP contribution in [0.1, 0.15) is 17.0 Å². The first-order valence-corrected chi connectivity index (χ1v) is 5.78. The Morgan fingerprint density at radius 3 is 2.89 bits per heavy atom. The highest BCUT2D eigenvalue weighted by atomic mass is 16.5. The molecular weight excluding hydrogens is 228 g/mol. The molecule has 3 aromatic rings. The lowest BCUT2D eigenvalue weighted by Gasteiger charge is -2.03. The number of nitrogen functional groups attached to an aromatic ring is 1. The van der Waals surface area contributed by atoms with Gasteiger partial charge in [-0.2, -0.15) is 0 Å². The second-order valence-corrected chi connectivity index (χ2v) is 4.43. The van der Waals surface area contributed by atoms with Crippen molar-refractivity contribution in [3.05, 3.63) is 41.3 Å². The Labute approximate surface area is 104 Å². The largest absolute Gasteiger partial charge is 0.369 e. The first-order chi connectivity index (χ1) is 8.65. The highest BCUT2D eigenvalue weighted by Crippen LogP contribution is 2.22. The number of rotatable bonds is 2. The number of hydrogen-bond acceptors (Lipinski definition) is 4. The molecule has 0 unspecified atom stereocenters. The smallest absolute Gasteiger partial charge is 0.201 e. The number of hydrogen-bond donors (Lipinski definition) is 1. The fourth-order valence-corrected chi connectivity index (χ4v) is 2.13. The summed E-state index contributed by atoms with van der Waals surface area (Å²) in [6.45, 7) is 4.47. The van der Waals surface area contributed by atoms with Crippen molar-refractivity contribution in [2.45, 2.75) is 20.4 Å². The molecule has 0 spiro atoms. The molecule has 0 aliphatic carbocycles. The third-order valence-corrected chi connectivity index (χ3v) is 3.01. The Kier molecular flexibility index (Phi) is 2.33. The summed E-state index contributed by atoms with van der Waals surface area (Å²) in [6.07, 6.45) is 0. The third-order valence-electron chi connectivity index (χ3n) is 3.01. The molecule has 2 aromatic heterocycles. The first-order valence-electron chi connectivity index (χ1n) is 5.78. The number of aromatic nitrogens is 3. The standard InChI is InChI=1S/C13H14N4O/c1-8-4-3-5-11-12(8)15-13(14)17(11)7-10-6-9(2)18-16-10/h3-6H,7H2,1-2H3,(H2,14,15). The van der Waals surface area contributed by atoms with Crippen LogP contribution in [-0.4, -0.2) is 14.7 Å². The zero-order valence-corrected chi connectivity index (χ0v) is 10.3. The molecule has 0 radical (unpaired) electrons. The van der Waals surface area contributed by atoms with Gasteiger partial charge in [0.05, 0.1) is 17.6 Å². The number of fused-ring (bicyclic) bond motifs is 1. The fourth-order valence-electron chi connectivity index (χ4n) is 2.13. The van der Waals surface area contributed by atoms with Gasteiger partial charge in [0.1, 0.15) is 11.5 Å². The van der Waals surface area contributed by atoms with E-state index in [1.165, 1.54) is 0 Å². The molecule has 0 bridgehead atoms. The molecule has 0 saturated heterocycles. The number of anilines is 1. The molecule has 0 aliphatic heterocycles. The number of imidazole rings is 1. The van der Waals surface area contributed by atoms with E-state index in [0.717, 1.165) is 28.1 Å². The van der Waals surface area contributed by atoms with Gasteiger partial charge in [0, 0.05) is 6.07 Å². The van der Waals surface area contributed by atoms with Gasteiger partial charge in [0.15, 0.2) is 0 Å². The van der Waals surface area contributed by atoms with Crippen LogP contribution < -0.4 is 5.73 Å². The molecule has 0 fully saturated rings. The van der Waals surface area contributed by atoms with Gasteiger partial charge in [-0.25, -0.2) is 4.98 Å². The highest BCUT2D eigenvalue weighted by Gasteiger charge is 2.11. The summed E-state index contributed by atoms with van der Waals surface area (Å²) in [4.78, 5) is 4.40. The Hall–Kier alpha value is -2.30. The molecule has 1 aromatic carbocycles. The van der Waals surface area contributed by atoms with Crippen molar-refractivity contribution in [3.8, 4) is 0 Å². The van der Waals surface area contributed by atoms with E-state index in [9.17, 15) is 0 Å². The molecule has 0 saturated carbocycles. The molecule has 2 N–H and O–H groups in total. The summed E-state index contributed by atoms with van der Waals surface area (Å²) >= 11 is 0. The van der Waals surface area contributed by atoms with E-state index < -0.39 is 0 Å². The van der Waals surface area contributed by atoms with Crippen molar-refractivity contribution >= 4 is 17.0 Å². The van der Waals surface area contributed by atoms with Crippen molar-refractivity contribution in [1.82, 2.24) is 14.7 Å². The monoisotopic (exact) mass is 242 g/mol. The lowest BCUT2D eigenvalue weighted by Crippen LogP contribution is -2.04. The lowest BCUT2D eigenvalue weighted by atomic mass is 10.2. The van der Waals surface area contributed by atoms with Crippen LogP contribution in [0.15, 0.2) is 28.8 Å². The summed E-state index contributed by atoms with van der Waals surface area (Å²) in [6, 6.07) is 7.95. The van der Waals surface area contributed by atoms with Gasteiger partial charge < -0.3 is 14.8 Å². The van der Waals surface area contributed by atoms with Crippen molar-refractivity contribution in [2.24, 2.45) is 0 Å². The number of nitrogens with two attached hydrogens (primary N) is 1. The van der Waals surface area contributed by atoms with Crippen LogP contribution in [-0.2, 0) is 6.54 Å². The van der Waals surface area contributed by atoms with E-state index in [4.69, 9.17) is 10.3 Å². The normalized spacial score (nSPS) is 11.2. The van der Waals surface area contributed by atoms with Gasteiger partial charge >= 0.3 is 0 Å². The topological polar surface area (TPSA) is 69.9 Å². The van der Waals surface area contributed by atoms with Crippen LogP contribution in [0.3, 0.4) is 0 Å². The van der Waals surface area contributed by atoms with E-state index in [-0.39, 0.29) is 0 Å². The third kappa shape index (κ3) is 1.64. The van der Waals surface area contributed by atoms with Gasteiger partial charge in [-0.3, -0.25) is 0 Å². The van der Waals surface area contributed by atoms with Crippen molar-refractivity contribution in [2.75, 3.05) is 5.73 Å². The minimum Gasteiger partial charge on any atom is -0.369 e. The molecule has 2 heterocycles. The molecule has 0 amide bonds. The van der Waals surface area contributed by atoms with Crippen molar-refractivity contribution in [1.29, 1.82) is 0 Å². The molecule has 5 nitrogen and oxygen atoms in total. The zero-order chi connectivity index (χ0) is 12.7. The molecule has 5 heteroatoms. The summed E-state index contributed by atoms with van der Waals surface area (Å²) < 4.78 is 7.01.